The molecule has 3 heteroatoms. The molecule has 0 aromatic heterocycles. The lowest BCUT2D eigenvalue weighted by Crippen LogP contribution is -2.13. The van der Waals surface area contributed by atoms with Crippen molar-refractivity contribution < 1.29 is 4.74 Å². The molecule has 20 heavy (non-hydrogen) atoms. The molecule has 0 saturated heterocycles. The van der Waals surface area contributed by atoms with Crippen LogP contribution >= 0.6 is 15.9 Å². The summed E-state index contributed by atoms with van der Waals surface area (Å²) in [6, 6.07) is 14.6. The molecule has 0 bridgehead atoms. The molecule has 0 aliphatic carbocycles. The van der Waals surface area contributed by atoms with Gasteiger partial charge in [-0.15, -0.1) is 0 Å². The number of hydrogen-bond donors (Lipinski definition) is 1. The lowest BCUT2D eigenvalue weighted by molar-refractivity contribution is 0.302. The van der Waals surface area contributed by atoms with Gasteiger partial charge in [0, 0.05) is 16.6 Å². The predicted octanol–water partition coefficient (Wildman–Crippen LogP) is 4.45. The molecule has 2 aromatic rings. The molecule has 0 saturated carbocycles. The summed E-state index contributed by atoms with van der Waals surface area (Å²) in [5.74, 6) is 0.940. The van der Waals surface area contributed by atoms with Crippen molar-refractivity contribution in [2.45, 2.75) is 27.0 Å². The Balaban J connectivity index is 2.06. The summed E-state index contributed by atoms with van der Waals surface area (Å²) in [6.07, 6.45) is 0. The van der Waals surface area contributed by atoms with Gasteiger partial charge in [-0.1, -0.05) is 52.7 Å². The first-order chi connectivity index (χ1) is 9.69. The Morgan fingerprint density at radius 2 is 1.85 bits per heavy atom. The fraction of sp³-hybridized carbons (Fsp3) is 0.294. The smallest absolute Gasteiger partial charge is 0.124 e. The SMILES string of the molecule is CCNCc1cc(Br)ccc1OCc1ccc(C)cc1. The quantitative estimate of drug-likeness (QED) is 0.843. The number of aryl methyl sites for hydroxylation is 1. The average Bonchev–Trinajstić information content (AvgIpc) is 2.46. The van der Waals surface area contributed by atoms with E-state index in [0.29, 0.717) is 6.61 Å². The van der Waals surface area contributed by atoms with E-state index in [1.54, 1.807) is 0 Å². The molecule has 0 aliphatic rings. The zero-order chi connectivity index (χ0) is 14.4. The third-order valence-corrected chi connectivity index (χ3v) is 3.60. The molecule has 2 nitrogen and oxygen atoms in total. The van der Waals surface area contributed by atoms with Crippen LogP contribution in [0.3, 0.4) is 0 Å². The third-order valence-electron chi connectivity index (χ3n) is 3.10. The first kappa shape index (κ1) is 15.1. The van der Waals surface area contributed by atoms with Crippen LogP contribution in [0, 0.1) is 6.92 Å². The molecule has 0 unspecified atom stereocenters. The van der Waals surface area contributed by atoms with Crippen LogP contribution in [0.15, 0.2) is 46.9 Å². The van der Waals surface area contributed by atoms with Gasteiger partial charge in [0.15, 0.2) is 0 Å². The van der Waals surface area contributed by atoms with Gasteiger partial charge >= 0.3 is 0 Å². The van der Waals surface area contributed by atoms with Crippen molar-refractivity contribution in [1.82, 2.24) is 5.32 Å². The number of halogens is 1. The van der Waals surface area contributed by atoms with Crippen LogP contribution in [0.5, 0.6) is 5.75 Å². The maximum absolute atomic E-state index is 5.95. The van der Waals surface area contributed by atoms with Crippen molar-refractivity contribution in [3.05, 3.63) is 63.6 Å². The summed E-state index contributed by atoms with van der Waals surface area (Å²) in [7, 11) is 0. The fourth-order valence-electron chi connectivity index (χ4n) is 1.93. The average molecular weight is 334 g/mol. The molecule has 1 N–H and O–H groups in total. The summed E-state index contributed by atoms with van der Waals surface area (Å²) >= 11 is 3.51. The standard InChI is InChI=1S/C17H20BrNO/c1-3-19-11-15-10-16(18)8-9-17(15)20-12-14-6-4-13(2)5-7-14/h4-10,19H,3,11-12H2,1-2H3. The summed E-state index contributed by atoms with van der Waals surface area (Å²) in [6.45, 7) is 6.56. The van der Waals surface area contributed by atoms with Crippen molar-refractivity contribution in [1.29, 1.82) is 0 Å². The van der Waals surface area contributed by atoms with E-state index in [4.69, 9.17) is 4.74 Å². The van der Waals surface area contributed by atoms with Gasteiger partial charge in [0.1, 0.15) is 12.4 Å². The molecule has 2 aromatic carbocycles. The van der Waals surface area contributed by atoms with Gasteiger partial charge in [-0.25, -0.2) is 0 Å². The van der Waals surface area contributed by atoms with Gasteiger partial charge in [-0.2, -0.15) is 0 Å². The minimum atomic E-state index is 0.598. The van der Waals surface area contributed by atoms with Crippen molar-refractivity contribution >= 4 is 15.9 Å². The van der Waals surface area contributed by atoms with Gasteiger partial charge in [-0.3, -0.25) is 0 Å². The monoisotopic (exact) mass is 333 g/mol. The molecule has 0 heterocycles. The minimum Gasteiger partial charge on any atom is -0.489 e. The van der Waals surface area contributed by atoms with Gasteiger partial charge in [0.05, 0.1) is 0 Å². The van der Waals surface area contributed by atoms with Crippen LogP contribution in [-0.4, -0.2) is 6.54 Å². The minimum absolute atomic E-state index is 0.598. The van der Waals surface area contributed by atoms with Crippen LogP contribution in [-0.2, 0) is 13.2 Å². The summed E-state index contributed by atoms with van der Waals surface area (Å²) in [5.41, 5.74) is 3.63. The Morgan fingerprint density at radius 3 is 2.55 bits per heavy atom. The van der Waals surface area contributed by atoms with E-state index < -0.39 is 0 Å². The van der Waals surface area contributed by atoms with Gasteiger partial charge in [-0.05, 0) is 37.2 Å². The van der Waals surface area contributed by atoms with Crippen LogP contribution in [0.4, 0.5) is 0 Å². The van der Waals surface area contributed by atoms with Crippen molar-refractivity contribution in [3.63, 3.8) is 0 Å². The zero-order valence-electron chi connectivity index (χ0n) is 11.9. The molecule has 0 aliphatic heterocycles. The van der Waals surface area contributed by atoms with Crippen LogP contribution in [0.2, 0.25) is 0 Å². The maximum atomic E-state index is 5.95. The Kier molecular flexibility index (Phi) is 5.62. The third kappa shape index (κ3) is 4.36. The summed E-state index contributed by atoms with van der Waals surface area (Å²) < 4.78 is 7.03. The normalized spacial score (nSPS) is 10.6. The van der Waals surface area contributed by atoms with E-state index in [9.17, 15) is 0 Å². The molecule has 0 spiro atoms. The lowest BCUT2D eigenvalue weighted by atomic mass is 10.1. The van der Waals surface area contributed by atoms with E-state index in [1.807, 2.05) is 12.1 Å². The lowest BCUT2D eigenvalue weighted by Gasteiger charge is -2.12. The highest BCUT2D eigenvalue weighted by Gasteiger charge is 2.05. The van der Waals surface area contributed by atoms with Crippen molar-refractivity contribution in [2.75, 3.05) is 6.54 Å². The highest BCUT2D eigenvalue weighted by atomic mass is 79.9. The zero-order valence-corrected chi connectivity index (χ0v) is 13.5. The molecular weight excluding hydrogens is 314 g/mol. The molecule has 0 radical (unpaired) electrons. The van der Waals surface area contributed by atoms with Gasteiger partial charge in [0.2, 0.25) is 0 Å². The second kappa shape index (κ2) is 7.46. The largest absolute Gasteiger partial charge is 0.489 e. The first-order valence-electron chi connectivity index (χ1n) is 6.86. The molecule has 0 amide bonds. The predicted molar refractivity (Wildman–Crippen MR) is 87.0 cm³/mol. The number of rotatable bonds is 6. The molecule has 0 atom stereocenters. The number of nitrogens with one attached hydrogen (secondary N) is 1. The van der Waals surface area contributed by atoms with E-state index in [1.165, 1.54) is 16.7 Å². The Labute approximate surface area is 129 Å². The highest BCUT2D eigenvalue weighted by Crippen LogP contribution is 2.24. The molecule has 2 rings (SSSR count). The van der Waals surface area contributed by atoms with Crippen LogP contribution < -0.4 is 10.1 Å². The maximum Gasteiger partial charge on any atom is 0.124 e. The summed E-state index contributed by atoms with van der Waals surface area (Å²) in [5, 5.41) is 3.34. The van der Waals surface area contributed by atoms with E-state index in [2.05, 4.69) is 65.4 Å². The first-order valence-corrected chi connectivity index (χ1v) is 7.66. The van der Waals surface area contributed by atoms with E-state index in [-0.39, 0.29) is 0 Å². The van der Waals surface area contributed by atoms with Crippen molar-refractivity contribution in [3.8, 4) is 5.75 Å². The van der Waals surface area contributed by atoms with Crippen molar-refractivity contribution in [2.24, 2.45) is 0 Å². The fourth-order valence-corrected chi connectivity index (χ4v) is 2.34. The van der Waals surface area contributed by atoms with E-state index in [0.717, 1.165) is 23.3 Å². The second-order valence-corrected chi connectivity index (χ2v) is 5.72. The Morgan fingerprint density at radius 1 is 1.10 bits per heavy atom. The number of hydrogen-bond acceptors (Lipinski definition) is 2. The topological polar surface area (TPSA) is 21.3 Å². The molecular formula is C17H20BrNO. The van der Waals surface area contributed by atoms with Crippen LogP contribution in [0.25, 0.3) is 0 Å². The molecule has 0 fully saturated rings. The van der Waals surface area contributed by atoms with Crippen LogP contribution in [0.1, 0.15) is 23.6 Å². The Hall–Kier alpha value is -1.32. The van der Waals surface area contributed by atoms with Gasteiger partial charge < -0.3 is 10.1 Å². The van der Waals surface area contributed by atoms with E-state index >= 15 is 0 Å². The second-order valence-electron chi connectivity index (χ2n) is 4.81. The van der Waals surface area contributed by atoms with Gasteiger partial charge in [0.25, 0.3) is 0 Å². The number of benzene rings is 2. The Bertz CT molecular complexity index is 551. The number of ether oxygens (including phenoxy) is 1. The highest BCUT2D eigenvalue weighted by molar-refractivity contribution is 9.10. The summed E-state index contributed by atoms with van der Waals surface area (Å²) in [4.78, 5) is 0. The molecule has 106 valence electrons.